The Hall–Kier alpha value is -3.42. The van der Waals surface area contributed by atoms with Crippen LogP contribution in [0.1, 0.15) is 5.56 Å². The van der Waals surface area contributed by atoms with E-state index in [9.17, 15) is 19.3 Å². The number of rotatable bonds is 8. The highest BCUT2D eigenvalue weighted by atomic mass is 19.1. The van der Waals surface area contributed by atoms with Crippen LogP contribution >= 0.6 is 0 Å². The number of carbonyl (C=O) groups excluding carboxylic acids is 1. The van der Waals surface area contributed by atoms with Crippen LogP contribution in [0.25, 0.3) is 0 Å². The highest BCUT2D eigenvalue weighted by Crippen LogP contribution is 2.28. The van der Waals surface area contributed by atoms with Crippen molar-refractivity contribution in [2.24, 2.45) is 0 Å². The maximum Gasteiger partial charge on any atom is 0.306 e. The first-order valence-electron chi connectivity index (χ1n) is 7.59. The van der Waals surface area contributed by atoms with Gasteiger partial charge in [0, 0.05) is 11.8 Å². The summed E-state index contributed by atoms with van der Waals surface area (Å²) in [6, 6.07) is 8.35. The van der Waals surface area contributed by atoms with Gasteiger partial charge in [0.25, 0.3) is 5.91 Å². The third-order valence-corrected chi connectivity index (χ3v) is 3.39. The second-order valence-corrected chi connectivity index (χ2v) is 5.24. The van der Waals surface area contributed by atoms with Gasteiger partial charge in [0.2, 0.25) is 5.82 Å². The summed E-state index contributed by atoms with van der Waals surface area (Å²) < 4.78 is 24.0. The van der Waals surface area contributed by atoms with Crippen LogP contribution in [-0.2, 0) is 11.2 Å². The molecule has 26 heavy (non-hydrogen) atoms. The van der Waals surface area contributed by atoms with E-state index in [1.165, 1.54) is 13.2 Å². The summed E-state index contributed by atoms with van der Waals surface area (Å²) in [6.45, 7) is 3.32. The largest absolute Gasteiger partial charge is 0.493 e. The Morgan fingerprint density at radius 2 is 2.08 bits per heavy atom. The number of hydrogen-bond donors (Lipinski definition) is 1. The number of ether oxygens (including phenoxy) is 2. The Kier molecular flexibility index (Phi) is 6.26. The molecule has 0 aliphatic carbocycles. The molecule has 1 amide bonds. The second-order valence-electron chi connectivity index (χ2n) is 5.24. The Balaban J connectivity index is 2.02. The number of hydrogen-bond acceptors (Lipinski definition) is 5. The minimum atomic E-state index is -0.978. The minimum absolute atomic E-state index is 0.0972. The molecular formula is C18H17FN2O5. The van der Waals surface area contributed by atoms with Crippen LogP contribution < -0.4 is 14.8 Å². The van der Waals surface area contributed by atoms with Gasteiger partial charge in [-0.3, -0.25) is 14.9 Å². The molecule has 2 rings (SSSR count). The molecule has 136 valence electrons. The molecule has 0 heterocycles. The van der Waals surface area contributed by atoms with Crippen molar-refractivity contribution < 1.29 is 23.6 Å². The van der Waals surface area contributed by atoms with Crippen molar-refractivity contribution in [1.29, 1.82) is 0 Å². The van der Waals surface area contributed by atoms with Gasteiger partial charge in [0.1, 0.15) is 0 Å². The predicted molar refractivity (Wildman–Crippen MR) is 94.1 cm³/mol. The molecule has 8 heteroatoms. The molecule has 0 radical (unpaired) electrons. The zero-order valence-corrected chi connectivity index (χ0v) is 14.0. The first kappa shape index (κ1) is 18.9. The molecule has 0 spiro atoms. The summed E-state index contributed by atoms with van der Waals surface area (Å²) >= 11 is 0. The number of nitro groups is 1. The normalized spacial score (nSPS) is 10.1. The van der Waals surface area contributed by atoms with Crippen molar-refractivity contribution in [3.8, 4) is 11.5 Å². The number of methoxy groups -OCH3 is 1. The molecule has 0 unspecified atom stereocenters. The Labute approximate surface area is 149 Å². The van der Waals surface area contributed by atoms with Gasteiger partial charge < -0.3 is 14.8 Å². The van der Waals surface area contributed by atoms with Gasteiger partial charge in [-0.1, -0.05) is 12.1 Å². The van der Waals surface area contributed by atoms with Crippen LogP contribution in [-0.4, -0.2) is 24.5 Å². The number of nitrogens with one attached hydrogen (secondary N) is 1. The number of anilines is 1. The molecule has 2 aromatic carbocycles. The first-order valence-corrected chi connectivity index (χ1v) is 7.59. The van der Waals surface area contributed by atoms with Gasteiger partial charge in [-0.15, -0.1) is 6.58 Å². The Bertz CT molecular complexity index is 838. The maximum absolute atomic E-state index is 13.3. The molecule has 0 aliphatic rings. The summed E-state index contributed by atoms with van der Waals surface area (Å²) in [6.07, 6.45) is 2.42. The van der Waals surface area contributed by atoms with Crippen LogP contribution in [0.5, 0.6) is 11.5 Å². The Morgan fingerprint density at radius 3 is 2.73 bits per heavy atom. The highest BCUT2D eigenvalue weighted by molar-refractivity contribution is 5.92. The van der Waals surface area contributed by atoms with E-state index in [0.717, 1.165) is 17.7 Å². The van der Waals surface area contributed by atoms with Crippen LogP contribution in [0.4, 0.5) is 15.8 Å². The second kappa shape index (κ2) is 8.61. The summed E-state index contributed by atoms with van der Waals surface area (Å²) in [7, 11) is 1.48. The average molecular weight is 360 g/mol. The molecular weight excluding hydrogens is 343 g/mol. The molecule has 0 fully saturated rings. The zero-order chi connectivity index (χ0) is 19.1. The molecule has 1 N–H and O–H groups in total. The van der Waals surface area contributed by atoms with E-state index in [1.807, 2.05) is 6.07 Å². The number of allylic oxidation sites excluding steroid dienone is 1. The molecule has 7 nitrogen and oxygen atoms in total. The lowest BCUT2D eigenvalue weighted by Crippen LogP contribution is -2.20. The van der Waals surface area contributed by atoms with Crippen LogP contribution in [0.15, 0.2) is 49.1 Å². The minimum Gasteiger partial charge on any atom is -0.493 e. The quantitative estimate of drug-likeness (QED) is 0.442. The number of nitro benzene ring substituents is 1. The van der Waals surface area contributed by atoms with E-state index < -0.39 is 22.3 Å². The van der Waals surface area contributed by atoms with E-state index in [2.05, 4.69) is 11.9 Å². The van der Waals surface area contributed by atoms with Gasteiger partial charge in [-0.05, 0) is 36.2 Å². The standard InChI is InChI=1S/C18H17FN2O5/c1-3-4-12-5-8-16(17(9-12)25-2)26-11-18(22)20-13-6-7-14(19)15(10-13)21(23)24/h3,5-10H,1,4,11H2,2H3,(H,20,22). The smallest absolute Gasteiger partial charge is 0.306 e. The highest BCUT2D eigenvalue weighted by Gasteiger charge is 2.16. The van der Waals surface area contributed by atoms with Gasteiger partial charge in [-0.2, -0.15) is 4.39 Å². The van der Waals surface area contributed by atoms with E-state index >= 15 is 0 Å². The van der Waals surface area contributed by atoms with Crippen LogP contribution in [0.3, 0.4) is 0 Å². The van der Waals surface area contributed by atoms with Crippen molar-refractivity contribution >= 4 is 17.3 Å². The van der Waals surface area contributed by atoms with Crippen LogP contribution in [0.2, 0.25) is 0 Å². The van der Waals surface area contributed by atoms with E-state index in [0.29, 0.717) is 17.9 Å². The number of benzene rings is 2. The number of carbonyl (C=O) groups is 1. The van der Waals surface area contributed by atoms with Gasteiger partial charge in [-0.25, -0.2) is 0 Å². The Morgan fingerprint density at radius 1 is 1.31 bits per heavy atom. The number of amides is 1. The number of nitrogens with zero attached hydrogens (tertiary/aromatic N) is 1. The van der Waals surface area contributed by atoms with Gasteiger partial charge >= 0.3 is 5.69 Å². The zero-order valence-electron chi connectivity index (χ0n) is 14.0. The lowest BCUT2D eigenvalue weighted by Gasteiger charge is -2.12. The summed E-state index contributed by atoms with van der Waals surface area (Å²) in [5, 5.41) is 13.1. The SMILES string of the molecule is C=CCc1ccc(OCC(=O)Nc2ccc(F)c([N+](=O)[O-])c2)c(OC)c1. The van der Waals surface area contributed by atoms with Crippen molar-refractivity contribution in [3.63, 3.8) is 0 Å². The maximum atomic E-state index is 13.3. The van der Waals surface area contributed by atoms with E-state index in [1.54, 1.807) is 18.2 Å². The molecule has 0 saturated heterocycles. The molecule has 2 aromatic rings. The van der Waals surface area contributed by atoms with E-state index in [-0.39, 0.29) is 12.3 Å². The molecule has 0 atom stereocenters. The third kappa shape index (κ3) is 4.79. The van der Waals surface area contributed by atoms with Crippen molar-refractivity contribution in [2.45, 2.75) is 6.42 Å². The summed E-state index contributed by atoms with van der Waals surface area (Å²) in [5.74, 6) is -0.688. The van der Waals surface area contributed by atoms with Crippen molar-refractivity contribution in [1.82, 2.24) is 0 Å². The molecule has 0 aromatic heterocycles. The fourth-order valence-corrected chi connectivity index (χ4v) is 2.20. The van der Waals surface area contributed by atoms with Crippen molar-refractivity contribution in [3.05, 3.63) is 70.5 Å². The summed E-state index contributed by atoms with van der Waals surface area (Å²) in [4.78, 5) is 21.8. The summed E-state index contributed by atoms with van der Waals surface area (Å²) in [5.41, 5.74) is 0.357. The fraction of sp³-hybridized carbons (Fsp3) is 0.167. The molecule has 0 saturated carbocycles. The molecule has 0 bridgehead atoms. The predicted octanol–water partition coefficient (Wildman–Crippen LogP) is 3.49. The van der Waals surface area contributed by atoms with Gasteiger partial charge in [0.05, 0.1) is 12.0 Å². The number of halogens is 1. The topological polar surface area (TPSA) is 90.7 Å². The lowest BCUT2D eigenvalue weighted by atomic mass is 10.1. The molecule has 0 aliphatic heterocycles. The fourth-order valence-electron chi connectivity index (χ4n) is 2.20. The lowest BCUT2D eigenvalue weighted by molar-refractivity contribution is -0.387. The van der Waals surface area contributed by atoms with Gasteiger partial charge in [0.15, 0.2) is 18.1 Å². The van der Waals surface area contributed by atoms with Crippen LogP contribution in [0, 0.1) is 15.9 Å². The van der Waals surface area contributed by atoms with E-state index in [4.69, 9.17) is 9.47 Å². The third-order valence-electron chi connectivity index (χ3n) is 3.39. The first-order chi connectivity index (χ1) is 12.4. The average Bonchev–Trinajstić information content (AvgIpc) is 2.62. The van der Waals surface area contributed by atoms with Crippen molar-refractivity contribution in [2.75, 3.05) is 19.0 Å². The monoisotopic (exact) mass is 360 g/mol.